The van der Waals surface area contributed by atoms with E-state index in [0.717, 1.165) is 174 Å². The number of hydrogen-bond donors (Lipinski definition) is 8. The van der Waals surface area contributed by atoms with Crippen molar-refractivity contribution in [1.29, 1.82) is 0 Å². The van der Waals surface area contributed by atoms with Gasteiger partial charge in [-0.2, -0.15) is 0 Å². The van der Waals surface area contributed by atoms with Crippen LogP contribution in [0.25, 0.3) is 27.6 Å². The zero-order valence-electron chi connectivity index (χ0n) is 70.4. The second kappa shape index (κ2) is 40.5. The van der Waals surface area contributed by atoms with Gasteiger partial charge in [0.15, 0.2) is 0 Å². The first-order valence-electron chi connectivity index (χ1n) is 42.1. The number of carbonyl (C=O) groups excluding carboxylic acids is 2. The van der Waals surface area contributed by atoms with Gasteiger partial charge in [0, 0.05) is 179 Å². The maximum absolute atomic E-state index is 13.9. The standard InChI is InChI=1S/C45H50ClN7O7S.C39H46ClN7O7S.C6H6BClO2/c1-45(2)15-11-33(39(26-45)31-3-5-34(46)6-4-31)29-51-17-19-52(20-18-51)35-7-9-38(42(24-35)60-36-23-32-12-16-47-43(32)49-28-36)44(54)50-61(57,58)37-8-10-40(41(25-37)53(55)56)48-27-30-13-21-59-22-14-30;1-39(2)11-7-28(33(40)22-39)25-45-13-15-46(16-14-45)29-3-5-32(36(20-29)54-30-19-27-8-12-41-37(27)43-24-30)38(48)44-55(51,52)31-4-6-34(35(21-31)47(49)50)42-23-26-9-17-53-18-10-26;8-6-3-1-5(2-4-6)7(9)10/h3-10,12,16,23-25,28,30,48H,11,13-15,17-22,26-27,29H2,1-2H3,(H,47,49)(H,50,54);3-6,8,12,19-21,24,26,42H,7,9-11,13-18,22-23,25H2,1-2H3,(H,41,43)(H,44,48);1-4,9-10H. The number of fused-ring (bicyclic) bond motifs is 2. The van der Waals surface area contributed by atoms with Gasteiger partial charge in [-0.25, -0.2) is 36.2 Å². The summed E-state index contributed by atoms with van der Waals surface area (Å²) in [6, 6.07) is 39.0. The van der Waals surface area contributed by atoms with Crippen LogP contribution in [0.2, 0.25) is 10.0 Å². The lowest BCUT2D eigenvalue weighted by atomic mass is 9.72. The van der Waals surface area contributed by atoms with E-state index in [4.69, 9.17) is 63.8 Å². The summed E-state index contributed by atoms with van der Waals surface area (Å²) in [7, 11) is -10.5. The Hall–Kier alpha value is -10.7. The minimum atomic E-state index is -4.55. The third-order valence-corrected chi connectivity index (χ3v) is 27.4. The fourth-order valence-electron chi connectivity index (χ4n) is 16.4. The van der Waals surface area contributed by atoms with Gasteiger partial charge >= 0.3 is 7.12 Å². The zero-order valence-corrected chi connectivity index (χ0v) is 74.3. The summed E-state index contributed by atoms with van der Waals surface area (Å²) < 4.78 is 82.0. The third-order valence-electron chi connectivity index (χ3n) is 23.8. The maximum Gasteiger partial charge on any atom is 0.488 e. The van der Waals surface area contributed by atoms with E-state index < -0.39 is 70.0 Å². The number of hydrogen-bond acceptors (Lipinski definition) is 24. The number of benzene rings is 6. The zero-order chi connectivity index (χ0) is 89.0. The molecule has 4 saturated heterocycles. The highest BCUT2D eigenvalue weighted by atomic mass is 35.5. The summed E-state index contributed by atoms with van der Waals surface area (Å²) >= 11 is 18.5. The summed E-state index contributed by atoms with van der Waals surface area (Å²) in [4.78, 5) is 73.9. The Morgan fingerprint density at radius 3 is 1.40 bits per heavy atom. The van der Waals surface area contributed by atoms with Gasteiger partial charge in [0.1, 0.15) is 45.7 Å². The van der Waals surface area contributed by atoms with Crippen molar-refractivity contribution in [3.05, 3.63) is 234 Å². The Balaban J connectivity index is 0.000000185. The van der Waals surface area contributed by atoms with E-state index in [2.05, 4.69) is 99.4 Å². The normalized spacial score (nSPS) is 17.3. The van der Waals surface area contributed by atoms with Crippen molar-refractivity contribution < 1.29 is 65.3 Å². The average Bonchev–Trinajstić information content (AvgIpc) is 1.51. The number of halogens is 3. The lowest BCUT2D eigenvalue weighted by Gasteiger charge is -2.39. The van der Waals surface area contributed by atoms with E-state index >= 15 is 0 Å². The number of nitro groups is 2. The van der Waals surface area contributed by atoms with Crippen molar-refractivity contribution in [2.75, 3.05) is 125 Å². The molecule has 8 heterocycles. The number of sulfonamides is 2. The van der Waals surface area contributed by atoms with E-state index in [9.17, 15) is 46.7 Å². The number of nitrogens with one attached hydrogen (secondary N) is 6. The summed E-state index contributed by atoms with van der Waals surface area (Å²) in [6.45, 7) is 20.6. The molecular weight excluding hydrogens is 1710 g/mol. The predicted molar refractivity (Wildman–Crippen MR) is 490 cm³/mol. The molecule has 4 aliphatic heterocycles. The van der Waals surface area contributed by atoms with Crippen LogP contribution >= 0.6 is 34.8 Å². The van der Waals surface area contributed by atoms with Crippen molar-refractivity contribution in [2.24, 2.45) is 22.7 Å². The maximum atomic E-state index is 13.9. The number of allylic oxidation sites excluding steroid dienone is 2. The van der Waals surface area contributed by atoms with Crippen LogP contribution in [-0.2, 0) is 29.5 Å². The average molecular weight is 1820 g/mol. The molecule has 0 radical (unpaired) electrons. The fourth-order valence-corrected chi connectivity index (χ4v) is 19.1. The number of carbonyl (C=O) groups is 2. The first-order chi connectivity index (χ1) is 60.3. The van der Waals surface area contributed by atoms with E-state index in [-0.39, 0.29) is 56.7 Å². The van der Waals surface area contributed by atoms with Gasteiger partial charge in [-0.1, -0.05) is 92.3 Å². The van der Waals surface area contributed by atoms with Gasteiger partial charge in [0.25, 0.3) is 43.2 Å². The molecule has 8 N–H and O–H groups in total. The molecule has 16 rings (SSSR count). The molecule has 0 spiro atoms. The van der Waals surface area contributed by atoms with Crippen molar-refractivity contribution in [2.45, 2.75) is 102 Å². The van der Waals surface area contributed by atoms with E-state index in [0.29, 0.717) is 72.8 Å². The second-order valence-corrected chi connectivity index (χ2v) is 38.8. The van der Waals surface area contributed by atoms with Crippen molar-refractivity contribution in [1.82, 2.24) is 39.2 Å². The second-order valence-electron chi connectivity index (χ2n) is 34.1. The summed E-state index contributed by atoms with van der Waals surface area (Å²) in [5.41, 5.74) is 8.76. The van der Waals surface area contributed by atoms with Gasteiger partial charge in [0.05, 0.1) is 43.2 Å². The van der Waals surface area contributed by atoms with Crippen LogP contribution in [0, 0.1) is 42.9 Å². The number of H-pyrrole nitrogens is 2. The number of anilines is 4. The number of amides is 2. The molecule has 6 aliphatic rings. The quantitative estimate of drug-likeness (QED) is 0.0142. The lowest BCUT2D eigenvalue weighted by molar-refractivity contribution is -0.384. The minimum absolute atomic E-state index is 0.0359. The topological polar surface area (TPSA) is 385 Å². The number of ether oxygens (including phenoxy) is 4. The van der Waals surface area contributed by atoms with Gasteiger partial charge < -0.3 is 59.4 Å². The van der Waals surface area contributed by atoms with Crippen molar-refractivity contribution in [3.8, 4) is 23.0 Å². The first-order valence-corrected chi connectivity index (χ1v) is 46.2. The Kier molecular flexibility index (Phi) is 29.4. The molecule has 126 heavy (non-hydrogen) atoms. The highest BCUT2D eigenvalue weighted by Crippen LogP contribution is 2.45. The van der Waals surface area contributed by atoms with E-state index in [1.54, 1.807) is 79.1 Å². The van der Waals surface area contributed by atoms with Gasteiger partial charge in [0.2, 0.25) is 0 Å². The lowest BCUT2D eigenvalue weighted by Crippen LogP contribution is -2.47. The largest absolute Gasteiger partial charge is 0.488 e. The molecule has 6 aromatic carbocycles. The SMILES string of the molecule is CC1(C)CCC(CN2CCN(c3ccc(C(=O)NS(=O)(=O)c4ccc(NCC5CCOCC5)c([N+](=O)[O-])c4)c(Oc4cnc5[nH]ccc5c4)c3)CC2)=C(Cl)C1.CC1(C)CCC(CN2CCN(c3ccc(C(=O)NS(=O)(=O)c4ccc(NCC5CCOCC5)c([N+](=O)[O-])c4)c(Oc4cnc5[nH]ccc5c4)c3)CC2)=C(c2ccc(Cl)cc2)C1.OB(O)c1ccc(Cl)cc1. The van der Waals surface area contributed by atoms with Crippen molar-refractivity contribution >= 4 is 141 Å². The Morgan fingerprint density at radius 1 is 0.548 bits per heavy atom. The molecule has 2 amide bonds. The van der Waals surface area contributed by atoms with Crippen LogP contribution in [0.3, 0.4) is 0 Å². The number of piperazine rings is 2. The Morgan fingerprint density at radius 2 is 0.968 bits per heavy atom. The number of aromatic amines is 2. The van der Waals surface area contributed by atoms with Crippen LogP contribution in [0.1, 0.15) is 118 Å². The molecule has 4 fully saturated rings. The molecule has 0 saturated carbocycles. The Labute approximate surface area is 746 Å². The molecule has 36 heteroatoms. The highest BCUT2D eigenvalue weighted by molar-refractivity contribution is 7.90. The molecule has 664 valence electrons. The third kappa shape index (κ3) is 23.8. The fraction of sp³-hybridized carbons (Fsp3) is 0.378. The number of aromatic nitrogens is 4. The van der Waals surface area contributed by atoms with Gasteiger partial charge in [-0.15, -0.1) is 0 Å². The van der Waals surface area contributed by atoms with E-state index in [1.165, 1.54) is 65.0 Å². The highest BCUT2D eigenvalue weighted by Gasteiger charge is 2.35. The molecule has 0 bridgehead atoms. The first kappa shape index (κ1) is 91.5. The van der Waals surface area contributed by atoms with Gasteiger partial charge in [-0.05, 0) is 206 Å². The number of nitrogens with zero attached hydrogens (tertiary/aromatic N) is 8. The van der Waals surface area contributed by atoms with Gasteiger partial charge in [-0.3, -0.25) is 39.6 Å². The van der Waals surface area contributed by atoms with E-state index in [1.807, 2.05) is 24.3 Å². The van der Waals surface area contributed by atoms with Crippen LogP contribution in [0.4, 0.5) is 34.1 Å². The summed E-state index contributed by atoms with van der Waals surface area (Å²) in [5, 5.41) is 51.4. The monoisotopic (exact) mass is 1810 g/mol. The molecule has 30 nitrogen and oxygen atoms in total. The molecule has 0 atom stereocenters. The van der Waals surface area contributed by atoms with Crippen LogP contribution in [0.15, 0.2) is 196 Å². The Bertz CT molecular complexity index is 5910. The van der Waals surface area contributed by atoms with Crippen LogP contribution < -0.4 is 44.8 Å². The smallest absolute Gasteiger partial charge is 0.455 e. The van der Waals surface area contributed by atoms with Crippen LogP contribution in [0.5, 0.6) is 23.0 Å². The molecule has 10 aromatic rings. The predicted octanol–water partition coefficient (Wildman–Crippen LogP) is 15.7. The molecule has 2 aliphatic carbocycles. The molecular formula is C90H102BCl3N14O16S2. The number of nitro benzene ring substituents is 2. The molecule has 0 unspecified atom stereocenters. The molecule has 4 aromatic heterocycles. The minimum Gasteiger partial charge on any atom is -0.455 e. The number of pyridine rings is 2. The number of rotatable bonds is 26. The summed E-state index contributed by atoms with van der Waals surface area (Å²) in [6.07, 6.45) is 16.1. The summed E-state index contributed by atoms with van der Waals surface area (Å²) in [5.74, 6) is -0.386. The van der Waals surface area contributed by atoms with Crippen LogP contribution in [-0.4, -0.2) is 190 Å². The van der Waals surface area contributed by atoms with Crippen molar-refractivity contribution in [3.63, 3.8) is 0 Å².